The van der Waals surface area contributed by atoms with Gasteiger partial charge in [0.15, 0.2) is 0 Å². The van der Waals surface area contributed by atoms with Gasteiger partial charge in [0.1, 0.15) is 11.0 Å². The standard InChI is InChI=1S/C14H14BrClN4O/c1-20(8-9-3-2-4-11(15)5-9)14(21)10-6-12(16)18-13(7-10)19-17/h2-7H,8,17H2,1H3,(H,18,19). The van der Waals surface area contributed by atoms with Gasteiger partial charge in [0.2, 0.25) is 0 Å². The highest BCUT2D eigenvalue weighted by Crippen LogP contribution is 2.17. The second-order valence-corrected chi connectivity index (χ2v) is 5.80. The number of pyridine rings is 1. The minimum Gasteiger partial charge on any atom is -0.337 e. The smallest absolute Gasteiger partial charge is 0.254 e. The van der Waals surface area contributed by atoms with Gasteiger partial charge in [0.05, 0.1) is 0 Å². The zero-order valence-electron chi connectivity index (χ0n) is 11.3. The van der Waals surface area contributed by atoms with Crippen molar-refractivity contribution in [3.63, 3.8) is 0 Å². The normalized spacial score (nSPS) is 10.3. The van der Waals surface area contributed by atoms with E-state index in [1.165, 1.54) is 6.07 Å². The number of halogens is 2. The van der Waals surface area contributed by atoms with Crippen LogP contribution in [0.1, 0.15) is 15.9 Å². The molecule has 0 aliphatic carbocycles. The Morgan fingerprint density at radius 2 is 2.19 bits per heavy atom. The molecule has 0 fully saturated rings. The van der Waals surface area contributed by atoms with Crippen molar-refractivity contribution in [1.29, 1.82) is 0 Å². The largest absolute Gasteiger partial charge is 0.337 e. The minimum atomic E-state index is -0.157. The predicted molar refractivity (Wildman–Crippen MR) is 87.0 cm³/mol. The van der Waals surface area contributed by atoms with E-state index in [1.807, 2.05) is 24.3 Å². The molecule has 5 nitrogen and oxygen atoms in total. The average molecular weight is 370 g/mol. The summed E-state index contributed by atoms with van der Waals surface area (Å²) in [6.07, 6.45) is 0. The number of nitrogen functional groups attached to an aromatic ring is 1. The number of hydrogen-bond donors (Lipinski definition) is 2. The van der Waals surface area contributed by atoms with Crippen LogP contribution in [0.15, 0.2) is 40.9 Å². The highest BCUT2D eigenvalue weighted by atomic mass is 79.9. The molecule has 2 aromatic rings. The number of hydrogen-bond acceptors (Lipinski definition) is 4. The van der Waals surface area contributed by atoms with E-state index in [9.17, 15) is 4.79 Å². The number of rotatable bonds is 4. The zero-order chi connectivity index (χ0) is 15.4. The van der Waals surface area contributed by atoms with Gasteiger partial charge in [-0.1, -0.05) is 39.7 Å². The average Bonchev–Trinajstić information content (AvgIpc) is 2.45. The Kier molecular flexibility index (Phi) is 5.17. The van der Waals surface area contributed by atoms with E-state index < -0.39 is 0 Å². The lowest BCUT2D eigenvalue weighted by molar-refractivity contribution is 0.0785. The van der Waals surface area contributed by atoms with E-state index in [0.29, 0.717) is 17.9 Å². The maximum absolute atomic E-state index is 12.4. The van der Waals surface area contributed by atoms with Gasteiger partial charge in [-0.3, -0.25) is 4.79 Å². The molecule has 3 N–H and O–H groups in total. The van der Waals surface area contributed by atoms with Crippen LogP contribution in [0.25, 0.3) is 0 Å². The third kappa shape index (κ3) is 4.17. The topological polar surface area (TPSA) is 71.2 Å². The van der Waals surface area contributed by atoms with Crippen molar-refractivity contribution in [3.8, 4) is 0 Å². The number of carbonyl (C=O) groups is 1. The summed E-state index contributed by atoms with van der Waals surface area (Å²) in [4.78, 5) is 18.0. The number of aromatic nitrogens is 1. The quantitative estimate of drug-likeness (QED) is 0.494. The molecule has 0 atom stereocenters. The summed E-state index contributed by atoms with van der Waals surface area (Å²) in [5, 5.41) is 0.213. The van der Waals surface area contributed by atoms with Gasteiger partial charge >= 0.3 is 0 Å². The fourth-order valence-electron chi connectivity index (χ4n) is 1.90. The second-order valence-electron chi connectivity index (χ2n) is 4.50. The second kappa shape index (κ2) is 6.89. The van der Waals surface area contributed by atoms with E-state index >= 15 is 0 Å². The molecule has 0 aliphatic rings. The molecule has 0 saturated carbocycles. The number of hydrazine groups is 1. The lowest BCUT2D eigenvalue weighted by atomic mass is 10.2. The van der Waals surface area contributed by atoms with Gasteiger partial charge in [-0.2, -0.15) is 0 Å². The van der Waals surface area contributed by atoms with Crippen molar-refractivity contribution in [2.24, 2.45) is 5.84 Å². The molecule has 1 aromatic heterocycles. The first kappa shape index (κ1) is 15.8. The van der Waals surface area contributed by atoms with Crippen molar-refractivity contribution in [2.45, 2.75) is 6.54 Å². The lowest BCUT2D eigenvalue weighted by Crippen LogP contribution is -2.26. The van der Waals surface area contributed by atoms with Crippen molar-refractivity contribution >= 4 is 39.3 Å². The predicted octanol–water partition coefficient (Wildman–Crippen LogP) is 3.06. The van der Waals surface area contributed by atoms with Crippen LogP contribution in [-0.2, 0) is 6.54 Å². The molecule has 1 heterocycles. The Bertz CT molecular complexity index is 665. The summed E-state index contributed by atoms with van der Waals surface area (Å²) >= 11 is 9.29. The van der Waals surface area contributed by atoms with Crippen molar-refractivity contribution < 1.29 is 4.79 Å². The van der Waals surface area contributed by atoms with Crippen LogP contribution in [0.3, 0.4) is 0 Å². The van der Waals surface area contributed by atoms with E-state index in [-0.39, 0.29) is 11.1 Å². The van der Waals surface area contributed by atoms with Crippen molar-refractivity contribution in [3.05, 3.63) is 57.2 Å². The van der Waals surface area contributed by atoms with Gasteiger partial charge in [0, 0.05) is 23.6 Å². The van der Waals surface area contributed by atoms with Crippen LogP contribution in [0, 0.1) is 0 Å². The van der Waals surface area contributed by atoms with Gasteiger partial charge in [-0.25, -0.2) is 10.8 Å². The van der Waals surface area contributed by atoms with E-state index in [4.69, 9.17) is 17.4 Å². The molecule has 0 bridgehead atoms. The number of anilines is 1. The van der Waals surface area contributed by atoms with E-state index in [0.717, 1.165) is 10.0 Å². The summed E-state index contributed by atoms with van der Waals surface area (Å²) < 4.78 is 0.974. The molecule has 1 amide bonds. The fourth-order valence-corrected chi connectivity index (χ4v) is 2.55. The van der Waals surface area contributed by atoms with Gasteiger partial charge < -0.3 is 10.3 Å². The monoisotopic (exact) mass is 368 g/mol. The van der Waals surface area contributed by atoms with Crippen LogP contribution in [0.5, 0.6) is 0 Å². The molecular formula is C14H14BrClN4O. The molecule has 0 aliphatic heterocycles. The molecular weight excluding hydrogens is 356 g/mol. The summed E-state index contributed by atoms with van der Waals surface area (Å²) in [6.45, 7) is 0.490. The van der Waals surface area contributed by atoms with Gasteiger partial charge in [-0.05, 0) is 29.8 Å². The van der Waals surface area contributed by atoms with Gasteiger partial charge in [-0.15, -0.1) is 0 Å². The lowest BCUT2D eigenvalue weighted by Gasteiger charge is -2.18. The van der Waals surface area contributed by atoms with Crippen LogP contribution in [-0.4, -0.2) is 22.8 Å². The molecule has 110 valence electrons. The highest BCUT2D eigenvalue weighted by Gasteiger charge is 2.14. The Morgan fingerprint density at radius 1 is 1.43 bits per heavy atom. The first-order valence-corrected chi connectivity index (χ1v) is 7.31. The van der Waals surface area contributed by atoms with Crippen LogP contribution in [0.4, 0.5) is 5.82 Å². The Morgan fingerprint density at radius 3 is 2.86 bits per heavy atom. The van der Waals surface area contributed by atoms with E-state index in [2.05, 4.69) is 26.3 Å². The number of nitrogens with one attached hydrogen (secondary N) is 1. The fraction of sp³-hybridized carbons (Fsp3) is 0.143. The van der Waals surface area contributed by atoms with Gasteiger partial charge in [0.25, 0.3) is 5.91 Å². The molecule has 1 aromatic carbocycles. The number of nitrogens with zero attached hydrogens (tertiary/aromatic N) is 2. The molecule has 21 heavy (non-hydrogen) atoms. The Labute approximate surface area is 136 Å². The first-order valence-electron chi connectivity index (χ1n) is 6.13. The maximum atomic E-state index is 12.4. The van der Waals surface area contributed by atoms with Crippen LogP contribution < -0.4 is 11.3 Å². The number of amides is 1. The number of carbonyl (C=O) groups excluding carboxylic acids is 1. The SMILES string of the molecule is CN(Cc1cccc(Br)c1)C(=O)c1cc(Cl)nc(NN)c1. The maximum Gasteiger partial charge on any atom is 0.254 e. The summed E-state index contributed by atoms with van der Waals surface area (Å²) in [6, 6.07) is 10.9. The summed E-state index contributed by atoms with van der Waals surface area (Å²) in [5.41, 5.74) is 3.84. The third-order valence-electron chi connectivity index (χ3n) is 2.84. The number of nitrogens with two attached hydrogens (primary N) is 1. The number of benzene rings is 1. The molecule has 0 saturated heterocycles. The molecule has 0 radical (unpaired) electrons. The van der Waals surface area contributed by atoms with E-state index in [1.54, 1.807) is 18.0 Å². The first-order chi connectivity index (χ1) is 9.99. The molecule has 0 spiro atoms. The zero-order valence-corrected chi connectivity index (χ0v) is 13.6. The van der Waals surface area contributed by atoms with Crippen molar-refractivity contribution in [1.82, 2.24) is 9.88 Å². The summed E-state index contributed by atoms with van der Waals surface area (Å²) in [5.74, 6) is 5.49. The van der Waals surface area contributed by atoms with Crippen LogP contribution >= 0.6 is 27.5 Å². The molecule has 0 unspecified atom stereocenters. The summed E-state index contributed by atoms with van der Waals surface area (Å²) in [7, 11) is 1.73. The highest BCUT2D eigenvalue weighted by molar-refractivity contribution is 9.10. The molecule has 7 heteroatoms. The van der Waals surface area contributed by atoms with Crippen LogP contribution in [0.2, 0.25) is 5.15 Å². The molecule has 2 rings (SSSR count). The minimum absolute atomic E-state index is 0.157. The Hall–Kier alpha value is -1.63. The van der Waals surface area contributed by atoms with Crippen molar-refractivity contribution in [2.75, 3.05) is 12.5 Å². The third-order valence-corrected chi connectivity index (χ3v) is 3.53. The Balaban J connectivity index is 2.17.